The first-order valence-electron chi connectivity index (χ1n) is 7.95. The molecule has 1 aliphatic carbocycles. The molecule has 3 heteroatoms. The van der Waals surface area contributed by atoms with Crippen LogP contribution in [0.2, 0.25) is 5.02 Å². The lowest BCUT2D eigenvalue weighted by molar-refractivity contribution is 0.261. The van der Waals surface area contributed by atoms with Gasteiger partial charge in [-0.3, -0.25) is 0 Å². The van der Waals surface area contributed by atoms with Gasteiger partial charge < -0.3 is 10.1 Å². The van der Waals surface area contributed by atoms with E-state index in [1.54, 1.807) is 0 Å². The summed E-state index contributed by atoms with van der Waals surface area (Å²) in [4.78, 5) is 0. The zero-order valence-electron chi connectivity index (χ0n) is 12.3. The number of hydrogen-bond donors (Lipinski definition) is 1. The third-order valence-corrected chi connectivity index (χ3v) is 4.90. The molecule has 1 fully saturated rings. The molecule has 0 radical (unpaired) electrons. The number of ether oxygens (including phenoxy) is 1. The standard InChI is InChI=1S/C17H24ClNO/c1-2-19-16-6-4-3-5-12(16)9-14-11-15(18)10-13-7-8-20-17(13)14/h10-12,16,19H,2-9H2,1H3. The van der Waals surface area contributed by atoms with Crippen LogP contribution in [0.25, 0.3) is 0 Å². The molecule has 0 aromatic heterocycles. The van der Waals surface area contributed by atoms with Crippen molar-refractivity contribution in [1.29, 1.82) is 0 Å². The normalized spacial score (nSPS) is 25.3. The molecule has 2 aliphatic rings. The maximum atomic E-state index is 6.27. The summed E-state index contributed by atoms with van der Waals surface area (Å²) in [5.74, 6) is 1.84. The Bertz CT molecular complexity index is 472. The van der Waals surface area contributed by atoms with Gasteiger partial charge in [-0.1, -0.05) is 31.4 Å². The summed E-state index contributed by atoms with van der Waals surface area (Å²) in [6.07, 6.45) is 7.44. The number of benzene rings is 1. The number of nitrogens with one attached hydrogen (secondary N) is 1. The lowest BCUT2D eigenvalue weighted by Gasteiger charge is -2.32. The predicted octanol–water partition coefficient (Wildman–Crippen LogP) is 3.99. The molecule has 3 rings (SSSR count). The Kier molecular flexibility index (Phi) is 4.52. The van der Waals surface area contributed by atoms with Gasteiger partial charge in [0.25, 0.3) is 0 Å². The van der Waals surface area contributed by atoms with E-state index in [0.29, 0.717) is 6.04 Å². The van der Waals surface area contributed by atoms with E-state index in [0.717, 1.165) is 42.7 Å². The third kappa shape index (κ3) is 2.96. The lowest BCUT2D eigenvalue weighted by atomic mass is 9.80. The minimum Gasteiger partial charge on any atom is -0.493 e. The van der Waals surface area contributed by atoms with Crippen LogP contribution in [0.4, 0.5) is 0 Å². The van der Waals surface area contributed by atoms with Crippen molar-refractivity contribution in [3.05, 3.63) is 28.3 Å². The summed E-state index contributed by atoms with van der Waals surface area (Å²) >= 11 is 6.27. The summed E-state index contributed by atoms with van der Waals surface area (Å²) < 4.78 is 5.84. The second-order valence-corrected chi connectivity index (χ2v) is 6.50. The fraction of sp³-hybridized carbons (Fsp3) is 0.647. The fourth-order valence-corrected chi connectivity index (χ4v) is 4.03. The molecular formula is C17H24ClNO. The Labute approximate surface area is 126 Å². The molecule has 0 saturated heterocycles. The maximum Gasteiger partial charge on any atom is 0.125 e. The van der Waals surface area contributed by atoms with Crippen molar-refractivity contribution in [1.82, 2.24) is 5.32 Å². The first-order chi connectivity index (χ1) is 9.78. The Morgan fingerprint density at radius 2 is 2.15 bits per heavy atom. The SMILES string of the molecule is CCNC1CCCCC1Cc1cc(Cl)cc2c1OCC2. The van der Waals surface area contributed by atoms with E-state index < -0.39 is 0 Å². The van der Waals surface area contributed by atoms with E-state index >= 15 is 0 Å². The minimum absolute atomic E-state index is 0.657. The highest BCUT2D eigenvalue weighted by atomic mass is 35.5. The average molecular weight is 294 g/mol. The van der Waals surface area contributed by atoms with Crippen LogP contribution in [0.15, 0.2) is 12.1 Å². The molecule has 110 valence electrons. The predicted molar refractivity (Wildman–Crippen MR) is 83.8 cm³/mol. The van der Waals surface area contributed by atoms with Crippen molar-refractivity contribution in [3.8, 4) is 5.75 Å². The van der Waals surface area contributed by atoms with E-state index in [1.165, 1.54) is 36.8 Å². The molecular weight excluding hydrogens is 270 g/mol. The second-order valence-electron chi connectivity index (χ2n) is 6.06. The molecule has 0 amide bonds. The summed E-state index contributed by atoms with van der Waals surface area (Å²) in [6, 6.07) is 4.84. The van der Waals surface area contributed by atoms with Crippen LogP contribution in [0, 0.1) is 5.92 Å². The summed E-state index contributed by atoms with van der Waals surface area (Å²) in [5.41, 5.74) is 2.61. The number of halogens is 1. The van der Waals surface area contributed by atoms with Gasteiger partial charge >= 0.3 is 0 Å². The molecule has 0 bridgehead atoms. The third-order valence-electron chi connectivity index (χ3n) is 4.68. The summed E-state index contributed by atoms with van der Waals surface area (Å²) in [7, 11) is 0. The van der Waals surface area contributed by atoms with Crippen LogP contribution in [-0.2, 0) is 12.8 Å². The van der Waals surface area contributed by atoms with Crippen LogP contribution in [0.1, 0.15) is 43.7 Å². The second kappa shape index (κ2) is 6.36. The van der Waals surface area contributed by atoms with Crippen molar-refractivity contribution in [2.45, 2.75) is 51.5 Å². The zero-order chi connectivity index (χ0) is 13.9. The average Bonchev–Trinajstić information content (AvgIpc) is 2.89. The van der Waals surface area contributed by atoms with E-state index in [4.69, 9.17) is 16.3 Å². The first-order valence-corrected chi connectivity index (χ1v) is 8.33. The van der Waals surface area contributed by atoms with Gasteiger partial charge in [0.05, 0.1) is 6.61 Å². The highest BCUT2D eigenvalue weighted by molar-refractivity contribution is 6.30. The maximum absolute atomic E-state index is 6.27. The topological polar surface area (TPSA) is 21.3 Å². The van der Waals surface area contributed by atoms with Gasteiger partial charge in [-0.25, -0.2) is 0 Å². The molecule has 1 aromatic rings. The Morgan fingerprint density at radius 1 is 1.30 bits per heavy atom. The van der Waals surface area contributed by atoms with Crippen molar-refractivity contribution < 1.29 is 4.74 Å². The van der Waals surface area contributed by atoms with E-state index in [2.05, 4.69) is 24.4 Å². The molecule has 2 unspecified atom stereocenters. The summed E-state index contributed by atoms with van der Waals surface area (Å²) in [6.45, 7) is 4.07. The molecule has 2 nitrogen and oxygen atoms in total. The van der Waals surface area contributed by atoms with Crippen LogP contribution in [-0.4, -0.2) is 19.2 Å². The molecule has 1 heterocycles. The number of fused-ring (bicyclic) bond motifs is 1. The van der Waals surface area contributed by atoms with Gasteiger partial charge in [0.15, 0.2) is 0 Å². The van der Waals surface area contributed by atoms with Gasteiger partial charge in [0.1, 0.15) is 5.75 Å². The largest absolute Gasteiger partial charge is 0.493 e. The first kappa shape index (κ1) is 14.2. The van der Waals surface area contributed by atoms with Crippen LogP contribution >= 0.6 is 11.6 Å². The molecule has 1 N–H and O–H groups in total. The molecule has 0 spiro atoms. The summed E-state index contributed by atoms with van der Waals surface area (Å²) in [5, 5.41) is 4.52. The molecule has 1 aromatic carbocycles. The van der Waals surface area contributed by atoms with Crippen molar-refractivity contribution in [2.24, 2.45) is 5.92 Å². The van der Waals surface area contributed by atoms with Gasteiger partial charge in [-0.2, -0.15) is 0 Å². The fourth-order valence-electron chi connectivity index (χ4n) is 3.76. The van der Waals surface area contributed by atoms with E-state index in [9.17, 15) is 0 Å². The van der Waals surface area contributed by atoms with Crippen LogP contribution in [0.3, 0.4) is 0 Å². The van der Waals surface area contributed by atoms with Crippen molar-refractivity contribution in [2.75, 3.05) is 13.2 Å². The molecule has 2 atom stereocenters. The lowest BCUT2D eigenvalue weighted by Crippen LogP contribution is -2.39. The molecule has 1 aliphatic heterocycles. The highest BCUT2D eigenvalue weighted by Crippen LogP contribution is 2.36. The van der Waals surface area contributed by atoms with E-state index in [1.807, 2.05) is 0 Å². The van der Waals surface area contributed by atoms with Gasteiger partial charge in [0.2, 0.25) is 0 Å². The monoisotopic (exact) mass is 293 g/mol. The van der Waals surface area contributed by atoms with Crippen LogP contribution in [0.5, 0.6) is 5.75 Å². The Morgan fingerprint density at radius 3 is 3.00 bits per heavy atom. The smallest absolute Gasteiger partial charge is 0.125 e. The van der Waals surface area contributed by atoms with Crippen molar-refractivity contribution in [3.63, 3.8) is 0 Å². The van der Waals surface area contributed by atoms with Gasteiger partial charge in [-0.15, -0.1) is 0 Å². The zero-order valence-corrected chi connectivity index (χ0v) is 13.0. The van der Waals surface area contributed by atoms with E-state index in [-0.39, 0.29) is 0 Å². The van der Waals surface area contributed by atoms with Gasteiger partial charge in [0, 0.05) is 17.5 Å². The minimum atomic E-state index is 0.657. The number of rotatable bonds is 4. The van der Waals surface area contributed by atoms with Crippen LogP contribution < -0.4 is 10.1 Å². The molecule has 20 heavy (non-hydrogen) atoms. The highest BCUT2D eigenvalue weighted by Gasteiger charge is 2.27. The Hall–Kier alpha value is -0.730. The Balaban J connectivity index is 1.79. The quantitative estimate of drug-likeness (QED) is 0.906. The van der Waals surface area contributed by atoms with Gasteiger partial charge in [-0.05, 0) is 55.0 Å². The van der Waals surface area contributed by atoms with Crippen molar-refractivity contribution >= 4 is 11.6 Å². The number of hydrogen-bond acceptors (Lipinski definition) is 2. The molecule has 1 saturated carbocycles.